The number of rotatable bonds is 16. The molecule has 0 amide bonds. The van der Waals surface area contributed by atoms with Gasteiger partial charge in [-0.1, -0.05) is 48.5 Å². The summed E-state index contributed by atoms with van der Waals surface area (Å²) in [5.74, 6) is 4.03. The molecule has 85 heavy (non-hydrogen) atoms. The Labute approximate surface area is 491 Å². The van der Waals surface area contributed by atoms with E-state index in [-0.39, 0.29) is 45.8 Å². The van der Waals surface area contributed by atoms with E-state index < -0.39 is 25.2 Å². The van der Waals surface area contributed by atoms with Gasteiger partial charge in [-0.2, -0.15) is 26.3 Å². The fraction of sp³-hybridized carbons (Fsp3) is 0.317. The summed E-state index contributed by atoms with van der Waals surface area (Å²) < 4.78 is 98.6. The predicted molar refractivity (Wildman–Crippen MR) is 312 cm³/mol. The zero-order valence-corrected chi connectivity index (χ0v) is 47.5. The van der Waals surface area contributed by atoms with E-state index in [1.165, 1.54) is 18.7 Å². The number of aromatic nitrogens is 8. The number of methoxy groups -OCH3 is 2. The highest BCUT2D eigenvalue weighted by atomic mass is 32.1. The number of carbonyl (C=O) groups is 1. The molecular weight excluding hydrogens is 1150 g/mol. The number of alkyl halides is 6. The summed E-state index contributed by atoms with van der Waals surface area (Å²) in [6.45, 7) is 0.676. The van der Waals surface area contributed by atoms with E-state index in [0.29, 0.717) is 61.7 Å². The third-order valence-corrected chi connectivity index (χ3v) is 16.5. The Bertz CT molecular complexity index is 3760. The van der Waals surface area contributed by atoms with Gasteiger partial charge in [0, 0.05) is 81.4 Å². The van der Waals surface area contributed by atoms with Crippen LogP contribution in [0.5, 0.6) is 11.5 Å². The predicted octanol–water partition coefficient (Wildman–Crippen LogP) is 13.2. The molecule has 2 fully saturated rings. The Morgan fingerprint density at radius 2 is 1.07 bits per heavy atom. The van der Waals surface area contributed by atoms with E-state index in [0.717, 1.165) is 101 Å². The minimum Gasteiger partial charge on any atom is -0.495 e. The van der Waals surface area contributed by atoms with Crippen molar-refractivity contribution in [3.05, 3.63) is 168 Å². The van der Waals surface area contributed by atoms with Crippen molar-refractivity contribution in [1.82, 2.24) is 45.2 Å². The van der Waals surface area contributed by atoms with Crippen LogP contribution in [-0.2, 0) is 19.4 Å². The average Bonchev–Trinajstić information content (AvgIpc) is 4.39. The van der Waals surface area contributed by atoms with Gasteiger partial charge in [-0.3, -0.25) is 14.8 Å². The summed E-state index contributed by atoms with van der Waals surface area (Å²) in [7, 11) is 3.23. The Kier molecular flexibility index (Phi) is 19.1. The maximum Gasteiger partial charge on any atom is 0.393 e. The number of aldehydes is 1. The van der Waals surface area contributed by atoms with Crippen LogP contribution in [0.25, 0.3) is 42.7 Å². The number of anilines is 2. The van der Waals surface area contributed by atoms with Gasteiger partial charge in [-0.15, -0.1) is 22.7 Å². The number of ether oxygens (including phenoxy) is 2. The summed E-state index contributed by atoms with van der Waals surface area (Å²) in [5.41, 5.74) is 12.0. The quantitative estimate of drug-likeness (QED) is 0.0521. The van der Waals surface area contributed by atoms with E-state index in [1.54, 1.807) is 75.9 Å². The van der Waals surface area contributed by atoms with Crippen molar-refractivity contribution in [2.45, 2.75) is 106 Å². The lowest BCUT2D eigenvalue weighted by atomic mass is 9.82. The van der Waals surface area contributed by atoms with Crippen LogP contribution in [0.4, 0.5) is 38.0 Å². The maximum absolute atomic E-state index is 13.0. The molecule has 442 valence electrons. The molecule has 0 bridgehead atoms. The molecular formula is C60H58F6N12O5S2. The third-order valence-electron chi connectivity index (χ3n) is 14.4. The molecule has 2 aliphatic carbocycles. The lowest BCUT2D eigenvalue weighted by molar-refractivity contribution is -0.127. The number of oxazole rings is 2. The molecule has 17 nitrogen and oxygen atoms in total. The summed E-state index contributed by atoms with van der Waals surface area (Å²) in [5, 5.41) is 11.8. The summed E-state index contributed by atoms with van der Waals surface area (Å²) in [4.78, 5) is 45.9. The molecule has 10 aromatic rings. The number of benzene rings is 2. The number of nitrogens with one attached hydrogen (secondary N) is 3. The van der Waals surface area contributed by atoms with Crippen LogP contribution in [0.1, 0.15) is 87.8 Å². The van der Waals surface area contributed by atoms with E-state index in [9.17, 15) is 31.1 Å². The van der Waals surface area contributed by atoms with Crippen molar-refractivity contribution < 1.29 is 49.4 Å². The molecule has 2 saturated carbocycles. The van der Waals surface area contributed by atoms with Crippen molar-refractivity contribution in [1.29, 1.82) is 0 Å². The first kappa shape index (κ1) is 59.8. The van der Waals surface area contributed by atoms with Crippen LogP contribution in [0, 0.1) is 0 Å². The van der Waals surface area contributed by atoms with Crippen LogP contribution in [-0.4, -0.2) is 96.9 Å². The van der Waals surface area contributed by atoms with Crippen LogP contribution >= 0.6 is 22.7 Å². The van der Waals surface area contributed by atoms with Gasteiger partial charge in [0.25, 0.3) is 0 Å². The smallest absolute Gasteiger partial charge is 0.393 e. The molecule has 6 atom stereocenters. The van der Waals surface area contributed by atoms with Crippen molar-refractivity contribution >= 4 is 61.0 Å². The van der Waals surface area contributed by atoms with Crippen molar-refractivity contribution in [2.75, 3.05) is 24.9 Å². The molecule has 8 heterocycles. The number of nitrogens with two attached hydrogens (primary N) is 1. The Balaban J connectivity index is 0.000000159. The van der Waals surface area contributed by atoms with Gasteiger partial charge in [0.2, 0.25) is 0 Å². The molecule has 0 aliphatic heterocycles. The largest absolute Gasteiger partial charge is 0.495 e. The minimum atomic E-state index is -4.28. The molecule has 25 heteroatoms. The van der Waals surface area contributed by atoms with E-state index >= 15 is 0 Å². The molecule has 2 aromatic carbocycles. The summed E-state index contributed by atoms with van der Waals surface area (Å²) in [6.07, 6.45) is 11.1. The SMILES string of the molecule is COc1cncc(-c2ccc(C=O)cc2)c1.COc1cncc(-c2ccc(CN[C@@H]3C[C@H](Nc4ncnc5sc(CC(F)(F)F)cc45)C[C@H](c4ncco4)C3)cc2)c1.N[C@@H]1C[C@H](Nc2ncnc3sc(CC(F)(F)F)cc23)C[C@H](c2ncco2)C1. The maximum atomic E-state index is 13.0. The monoisotopic (exact) mass is 1200 g/mol. The highest BCUT2D eigenvalue weighted by Crippen LogP contribution is 2.39. The number of carbonyl (C=O) groups excluding carboxylic acids is 1. The second-order valence-electron chi connectivity index (χ2n) is 20.6. The van der Waals surface area contributed by atoms with Gasteiger partial charge in [0.15, 0.2) is 11.8 Å². The Morgan fingerprint density at radius 3 is 1.54 bits per heavy atom. The summed E-state index contributed by atoms with van der Waals surface area (Å²) in [6, 6.07) is 22.8. The first-order valence-electron chi connectivity index (χ1n) is 27.1. The number of pyridine rings is 2. The molecule has 0 unspecified atom stereocenters. The molecule has 2 aliphatic rings. The van der Waals surface area contributed by atoms with Gasteiger partial charge < -0.3 is 40.0 Å². The highest BCUT2D eigenvalue weighted by molar-refractivity contribution is 7.19. The number of nitrogens with zero attached hydrogens (tertiary/aromatic N) is 8. The molecule has 0 spiro atoms. The normalized spacial score (nSPS) is 18.8. The second-order valence-corrected chi connectivity index (χ2v) is 22.9. The first-order valence-corrected chi connectivity index (χ1v) is 28.7. The fourth-order valence-electron chi connectivity index (χ4n) is 10.6. The zero-order chi connectivity index (χ0) is 59.5. The third kappa shape index (κ3) is 16.3. The molecule has 12 rings (SSSR count). The number of hydrogen-bond acceptors (Lipinski definition) is 19. The number of hydrogen-bond donors (Lipinski definition) is 4. The van der Waals surface area contributed by atoms with Crippen molar-refractivity contribution in [3.63, 3.8) is 0 Å². The Morgan fingerprint density at radius 1 is 0.588 bits per heavy atom. The first-order chi connectivity index (χ1) is 41.0. The summed E-state index contributed by atoms with van der Waals surface area (Å²) >= 11 is 2.09. The second kappa shape index (κ2) is 27.1. The van der Waals surface area contributed by atoms with E-state index in [1.807, 2.05) is 30.5 Å². The van der Waals surface area contributed by atoms with Gasteiger partial charge in [-0.25, -0.2) is 29.9 Å². The topological polar surface area (TPSA) is 227 Å². The zero-order valence-electron chi connectivity index (χ0n) is 45.9. The van der Waals surface area contributed by atoms with Gasteiger partial charge in [0.05, 0.1) is 62.6 Å². The molecule has 0 radical (unpaired) electrons. The van der Waals surface area contributed by atoms with Crippen LogP contribution in [0.15, 0.2) is 144 Å². The van der Waals surface area contributed by atoms with Crippen LogP contribution in [0.2, 0.25) is 0 Å². The van der Waals surface area contributed by atoms with Crippen LogP contribution in [0.3, 0.4) is 0 Å². The van der Waals surface area contributed by atoms with Gasteiger partial charge >= 0.3 is 12.4 Å². The molecule has 5 N–H and O–H groups in total. The highest BCUT2D eigenvalue weighted by Gasteiger charge is 2.35. The fourth-order valence-corrected chi connectivity index (χ4v) is 12.6. The lowest BCUT2D eigenvalue weighted by Crippen LogP contribution is -2.41. The van der Waals surface area contributed by atoms with E-state index in [2.05, 4.69) is 80.1 Å². The van der Waals surface area contributed by atoms with Gasteiger partial charge in [-0.05, 0) is 79.5 Å². The molecule has 0 saturated heterocycles. The lowest BCUT2D eigenvalue weighted by Gasteiger charge is -2.35. The number of halogens is 6. The molecule has 8 aromatic heterocycles. The van der Waals surface area contributed by atoms with Crippen molar-refractivity contribution in [2.24, 2.45) is 5.73 Å². The standard InChI is InChI=1S/C30H29F3N6O2S.C17H18F3N5OS.C13H11NO2/c1-40-24-10-21(15-34-16-24)19-4-2-18(3-5-19)14-36-22-8-20(28-35-6-7-41-28)9-23(11-22)39-27-26-12-25(13-30(31,32)33)42-29(26)38-17-37-27;18-17(19,20)7-12-6-13-14(23-8-24-16(13)27-12)25-11-4-9(3-10(21)5-11)15-22-1-2-26-15;1-16-13-6-12(7-14-8-13)11-4-2-10(9-15)3-5-11/h2-7,10,12,15-17,20,22-23,36H,8-9,11,13-14H2,1H3,(H,37,38,39);1-2,6,8-11H,3-5,7,21H2,(H,23,24,25);2-9H,1H3/t20-,22+,23-;9-,10+,11-;/m11./s1. The average molecular weight is 1210 g/mol. The van der Waals surface area contributed by atoms with Gasteiger partial charge in [0.1, 0.15) is 64.3 Å². The van der Waals surface area contributed by atoms with Crippen LogP contribution < -0.4 is 31.2 Å². The van der Waals surface area contributed by atoms with Crippen molar-refractivity contribution in [3.8, 4) is 33.8 Å². The number of fused-ring (bicyclic) bond motifs is 2. The number of thiophene rings is 2. The van der Waals surface area contributed by atoms with E-state index in [4.69, 9.17) is 24.0 Å². The minimum absolute atomic E-state index is 0.000142. The Hall–Kier alpha value is -8.39.